The van der Waals surface area contributed by atoms with Crippen molar-refractivity contribution in [1.82, 2.24) is 9.80 Å². The van der Waals surface area contributed by atoms with Gasteiger partial charge in [0.1, 0.15) is 0 Å². The molecule has 27 heavy (non-hydrogen) atoms. The smallest absolute Gasteiger partial charge is 1.00 e. The van der Waals surface area contributed by atoms with Gasteiger partial charge in [-0.25, -0.2) is 0 Å². The Bertz CT molecular complexity index is 422. The normalized spacial score (nSPS) is 22.0. The molecular weight excluding hydrogens is 358 g/mol. The zero-order valence-corrected chi connectivity index (χ0v) is 18.1. The van der Waals surface area contributed by atoms with Gasteiger partial charge in [0.15, 0.2) is 28.9 Å². The fourth-order valence-electron chi connectivity index (χ4n) is 2.55. The zero-order valence-electron chi connectivity index (χ0n) is 19.1. The van der Waals surface area contributed by atoms with Crippen LogP contribution in [0.4, 0.5) is 0 Å². The molecule has 0 atom stereocenters. The molecule has 0 spiro atoms. The molecule has 1 amide bonds. The molecule has 0 aromatic heterocycles. The third-order valence-electron chi connectivity index (χ3n) is 4.01. The maximum atomic E-state index is 11.5. The molecular formula is C18H40AlLiN2O5. The summed E-state index contributed by atoms with van der Waals surface area (Å²) in [5.41, 5.74) is 0. The van der Waals surface area contributed by atoms with Crippen LogP contribution in [-0.2, 0) is 23.7 Å². The van der Waals surface area contributed by atoms with Crippen LogP contribution in [0.2, 0.25) is 0 Å². The molecule has 2 aliphatic heterocycles. The second-order valence-electron chi connectivity index (χ2n) is 8.10. The summed E-state index contributed by atoms with van der Waals surface area (Å²) in [6, 6.07) is 0. The standard InChI is InChI=1S/C9H17NO3.C9H19NO2.Al.Li.4H/c1-9(2)12-5-7(6-13-9)8(11)10(3)4;1-9(2)11-6-8(7-12-9)5-10(3)4;;;;;;/h7H,5-6H2,1-4H3;8H,5-7H2,1-4H3;;;;;;/q;;;+1;;;;-1. The quantitative estimate of drug-likeness (QED) is 0.485. The first-order valence-corrected chi connectivity index (χ1v) is 8.83. The second-order valence-corrected chi connectivity index (χ2v) is 8.10. The van der Waals surface area contributed by atoms with E-state index in [1.54, 1.807) is 19.0 Å². The first-order valence-electron chi connectivity index (χ1n) is 8.83. The van der Waals surface area contributed by atoms with Gasteiger partial charge in [-0.1, -0.05) is 0 Å². The molecule has 0 bridgehead atoms. The average molecular weight is 398 g/mol. The molecule has 0 saturated carbocycles. The number of ether oxygens (including phenoxy) is 4. The number of hydrogen-bond acceptors (Lipinski definition) is 6. The van der Waals surface area contributed by atoms with E-state index in [4.69, 9.17) is 18.9 Å². The summed E-state index contributed by atoms with van der Waals surface area (Å²) < 4.78 is 21.8. The summed E-state index contributed by atoms with van der Waals surface area (Å²) in [6.07, 6.45) is 0. The zero-order chi connectivity index (χ0) is 19.3. The molecule has 0 aromatic rings. The van der Waals surface area contributed by atoms with Crippen molar-refractivity contribution >= 4 is 23.3 Å². The molecule has 0 unspecified atom stereocenters. The Morgan fingerprint density at radius 1 is 0.889 bits per heavy atom. The molecule has 2 heterocycles. The average Bonchev–Trinajstić information content (AvgIpc) is 2.49. The summed E-state index contributed by atoms with van der Waals surface area (Å²) in [5, 5.41) is 0. The number of hydrogen-bond donors (Lipinski definition) is 0. The van der Waals surface area contributed by atoms with Crippen LogP contribution in [0.15, 0.2) is 0 Å². The van der Waals surface area contributed by atoms with E-state index in [0.717, 1.165) is 19.8 Å². The molecule has 0 aromatic carbocycles. The minimum atomic E-state index is -0.539. The van der Waals surface area contributed by atoms with Gasteiger partial charge in [0.25, 0.3) is 0 Å². The van der Waals surface area contributed by atoms with Crippen molar-refractivity contribution in [3.63, 3.8) is 0 Å². The summed E-state index contributed by atoms with van der Waals surface area (Å²) in [6.45, 7) is 11.2. The first kappa shape index (κ1) is 29.6. The van der Waals surface area contributed by atoms with Crippen LogP contribution in [0.25, 0.3) is 0 Å². The van der Waals surface area contributed by atoms with E-state index in [9.17, 15) is 4.79 Å². The Balaban J connectivity index is -0.000000404. The van der Waals surface area contributed by atoms with Crippen LogP contribution in [0, 0.1) is 11.8 Å². The fraction of sp³-hybridized carbons (Fsp3) is 0.944. The van der Waals surface area contributed by atoms with Gasteiger partial charge in [-0.05, 0) is 41.8 Å². The largest absolute Gasteiger partial charge is 1.00 e. The summed E-state index contributed by atoms with van der Waals surface area (Å²) >= 11 is 0. The Kier molecular flexibility index (Phi) is 14.1. The van der Waals surface area contributed by atoms with Gasteiger partial charge in [-0.2, -0.15) is 0 Å². The Hall–Kier alpha value is 0.400. The van der Waals surface area contributed by atoms with Crippen molar-refractivity contribution in [3.8, 4) is 0 Å². The Morgan fingerprint density at radius 3 is 1.59 bits per heavy atom. The summed E-state index contributed by atoms with van der Waals surface area (Å²) in [5.74, 6) is -0.474. The van der Waals surface area contributed by atoms with Crippen molar-refractivity contribution in [3.05, 3.63) is 0 Å². The number of amides is 1. The Morgan fingerprint density at radius 2 is 1.26 bits per heavy atom. The van der Waals surface area contributed by atoms with Gasteiger partial charge in [0.05, 0.1) is 32.3 Å². The van der Waals surface area contributed by atoms with Crippen molar-refractivity contribution in [2.24, 2.45) is 11.8 Å². The van der Waals surface area contributed by atoms with Crippen molar-refractivity contribution in [2.45, 2.75) is 39.3 Å². The van der Waals surface area contributed by atoms with E-state index in [1.165, 1.54) is 0 Å². The van der Waals surface area contributed by atoms with Crippen LogP contribution in [0.5, 0.6) is 0 Å². The number of nitrogens with zero attached hydrogens (tertiary/aromatic N) is 2. The molecule has 2 rings (SSSR count). The predicted molar refractivity (Wildman–Crippen MR) is 107 cm³/mol. The summed E-state index contributed by atoms with van der Waals surface area (Å²) in [7, 11) is 7.61. The van der Waals surface area contributed by atoms with E-state index in [2.05, 4.69) is 19.0 Å². The van der Waals surface area contributed by atoms with Crippen molar-refractivity contribution < 1.29 is 44.0 Å². The third kappa shape index (κ3) is 11.9. The second kappa shape index (κ2) is 12.9. The molecule has 0 radical (unpaired) electrons. The number of rotatable bonds is 3. The van der Waals surface area contributed by atoms with Crippen LogP contribution in [0.1, 0.15) is 29.1 Å². The predicted octanol–water partition coefficient (Wildman–Crippen LogP) is -2.65. The third-order valence-corrected chi connectivity index (χ3v) is 4.01. The van der Waals surface area contributed by atoms with E-state index >= 15 is 0 Å². The molecule has 7 nitrogen and oxygen atoms in total. The van der Waals surface area contributed by atoms with Crippen molar-refractivity contribution in [1.29, 1.82) is 0 Å². The number of carbonyl (C=O) groups is 1. The molecule has 0 N–H and O–H groups in total. The Labute approximate surface area is 189 Å². The first-order chi connectivity index (χ1) is 11.4. The van der Waals surface area contributed by atoms with Gasteiger partial charge in [-0.15, -0.1) is 0 Å². The maximum Gasteiger partial charge on any atom is 1.00 e. The molecule has 156 valence electrons. The molecule has 2 aliphatic rings. The van der Waals surface area contributed by atoms with Crippen LogP contribution in [0.3, 0.4) is 0 Å². The van der Waals surface area contributed by atoms with Crippen LogP contribution < -0.4 is 18.9 Å². The van der Waals surface area contributed by atoms with E-state index in [-0.39, 0.29) is 55.3 Å². The molecule has 0 aliphatic carbocycles. The van der Waals surface area contributed by atoms with Gasteiger partial charge >= 0.3 is 18.9 Å². The molecule has 2 saturated heterocycles. The minimum Gasteiger partial charge on any atom is -1.00 e. The van der Waals surface area contributed by atoms with Gasteiger partial charge in [0.2, 0.25) is 5.91 Å². The maximum absolute atomic E-state index is 11.5. The van der Waals surface area contributed by atoms with Gasteiger partial charge in [0, 0.05) is 26.6 Å². The van der Waals surface area contributed by atoms with E-state index in [1.807, 2.05) is 27.7 Å². The van der Waals surface area contributed by atoms with Gasteiger partial charge < -0.3 is 30.2 Å². The fourth-order valence-corrected chi connectivity index (χ4v) is 2.55. The van der Waals surface area contributed by atoms with E-state index < -0.39 is 5.79 Å². The van der Waals surface area contributed by atoms with Crippen LogP contribution >= 0.6 is 0 Å². The van der Waals surface area contributed by atoms with Gasteiger partial charge in [-0.3, -0.25) is 4.79 Å². The van der Waals surface area contributed by atoms with Crippen molar-refractivity contribution in [2.75, 3.05) is 61.2 Å². The minimum absolute atomic E-state index is 0. The topological polar surface area (TPSA) is 60.5 Å². The molecule has 9 heteroatoms. The number of carbonyl (C=O) groups excluding carboxylic acids is 1. The van der Waals surface area contributed by atoms with Crippen LogP contribution in [-0.4, -0.2) is 106 Å². The van der Waals surface area contributed by atoms with E-state index in [0.29, 0.717) is 19.1 Å². The molecule has 2 fully saturated rings. The summed E-state index contributed by atoms with van der Waals surface area (Å²) in [4.78, 5) is 15.2. The SMILES string of the molecule is CN(C)C(=O)C1COC(C)(C)OC1.CN(C)CC1COC(C)(C)OC1.[AlH3].[H-].[Li+]. The monoisotopic (exact) mass is 398 g/mol.